The molecule has 1 N–H and O–H groups in total. The Balaban J connectivity index is 1.72. The average molecular weight is 508 g/mol. The van der Waals surface area contributed by atoms with Crippen LogP contribution < -0.4 is 19.5 Å². The van der Waals surface area contributed by atoms with Crippen LogP contribution in [0.5, 0.6) is 17.4 Å². The summed E-state index contributed by atoms with van der Waals surface area (Å²) in [7, 11) is 1.54. The molecule has 0 bridgehead atoms. The van der Waals surface area contributed by atoms with Crippen LogP contribution in [0.2, 0.25) is 0 Å². The largest absolute Gasteiger partial charge is 0.497 e. The zero-order valence-electron chi connectivity index (χ0n) is 20.4. The number of rotatable bonds is 9. The molecule has 0 saturated heterocycles. The molecule has 1 amide bonds. The third kappa shape index (κ3) is 8.10. The summed E-state index contributed by atoms with van der Waals surface area (Å²) in [5.41, 5.74) is 1.23. The number of halogens is 3. The molecule has 0 saturated carbocycles. The maximum atomic E-state index is 12.6. The van der Waals surface area contributed by atoms with Crippen molar-refractivity contribution >= 4 is 6.09 Å². The number of nitrogens with zero attached hydrogens (tertiary/aromatic N) is 2. The number of hydrogen-bond donors (Lipinski definition) is 1. The summed E-state index contributed by atoms with van der Waals surface area (Å²) in [6.07, 6.45) is -5.02. The van der Waals surface area contributed by atoms with Crippen molar-refractivity contribution in [1.82, 2.24) is 15.1 Å². The van der Waals surface area contributed by atoms with Gasteiger partial charge < -0.3 is 24.3 Å². The second-order valence-corrected chi connectivity index (χ2v) is 8.68. The Morgan fingerprint density at radius 1 is 0.972 bits per heavy atom. The van der Waals surface area contributed by atoms with Crippen molar-refractivity contribution in [2.24, 2.45) is 0 Å². The molecular formula is C25H28F3N3O5. The molecule has 3 rings (SSSR count). The van der Waals surface area contributed by atoms with Gasteiger partial charge in [-0.15, -0.1) is 5.10 Å². The maximum absolute atomic E-state index is 12.6. The van der Waals surface area contributed by atoms with Crippen molar-refractivity contribution in [2.45, 2.75) is 32.5 Å². The Bertz CT molecular complexity index is 1140. The number of carbonyl (C=O) groups is 1. The van der Waals surface area contributed by atoms with Gasteiger partial charge in [-0.3, -0.25) is 0 Å². The van der Waals surface area contributed by atoms with E-state index in [-0.39, 0.29) is 19.0 Å². The average Bonchev–Trinajstić information content (AvgIpc) is 3.24. The summed E-state index contributed by atoms with van der Waals surface area (Å²) in [5, 5.41) is 6.82. The second kappa shape index (κ2) is 11.2. The monoisotopic (exact) mass is 507 g/mol. The highest BCUT2D eigenvalue weighted by atomic mass is 19.4. The van der Waals surface area contributed by atoms with Gasteiger partial charge in [0.1, 0.15) is 23.7 Å². The van der Waals surface area contributed by atoms with Gasteiger partial charge in [-0.25, -0.2) is 9.48 Å². The zero-order valence-corrected chi connectivity index (χ0v) is 20.4. The van der Waals surface area contributed by atoms with Crippen LogP contribution in [0.15, 0.2) is 54.6 Å². The van der Waals surface area contributed by atoms with Crippen molar-refractivity contribution < 1.29 is 36.9 Å². The van der Waals surface area contributed by atoms with Crippen molar-refractivity contribution in [3.8, 4) is 34.3 Å². The number of ether oxygens (including phenoxy) is 4. The smallest absolute Gasteiger partial charge is 0.422 e. The van der Waals surface area contributed by atoms with E-state index in [1.54, 1.807) is 69.3 Å². The molecule has 0 spiro atoms. The van der Waals surface area contributed by atoms with E-state index in [9.17, 15) is 18.0 Å². The van der Waals surface area contributed by atoms with Gasteiger partial charge >= 0.3 is 12.3 Å². The van der Waals surface area contributed by atoms with E-state index in [2.05, 4.69) is 10.4 Å². The normalized spacial score (nSPS) is 11.6. The van der Waals surface area contributed by atoms with E-state index in [1.807, 2.05) is 0 Å². The Labute approximate surface area is 206 Å². The van der Waals surface area contributed by atoms with Crippen LogP contribution >= 0.6 is 0 Å². The first-order valence-corrected chi connectivity index (χ1v) is 11.1. The van der Waals surface area contributed by atoms with E-state index in [0.29, 0.717) is 28.4 Å². The van der Waals surface area contributed by atoms with Gasteiger partial charge in [0, 0.05) is 11.6 Å². The SMILES string of the molecule is COc1ccc(-n2nc(OCC(F)(F)F)cc2-c2ccc(OCCNC(=O)OC(C)(C)C)cc2)cc1. The highest BCUT2D eigenvalue weighted by Crippen LogP contribution is 2.30. The molecular weight excluding hydrogens is 479 g/mol. The predicted octanol–water partition coefficient (Wildman–Crippen LogP) is 5.39. The van der Waals surface area contributed by atoms with E-state index < -0.39 is 24.5 Å². The molecule has 0 aliphatic carbocycles. The minimum atomic E-state index is -4.48. The number of aromatic nitrogens is 2. The van der Waals surface area contributed by atoms with Crippen molar-refractivity contribution in [3.63, 3.8) is 0 Å². The number of hydrogen-bond acceptors (Lipinski definition) is 6. The van der Waals surface area contributed by atoms with E-state index in [0.717, 1.165) is 0 Å². The highest BCUT2D eigenvalue weighted by Gasteiger charge is 2.29. The van der Waals surface area contributed by atoms with Crippen molar-refractivity contribution in [2.75, 3.05) is 26.9 Å². The number of carbonyl (C=O) groups excluding carboxylic acids is 1. The fraction of sp³-hybridized carbons (Fsp3) is 0.360. The van der Waals surface area contributed by atoms with Gasteiger partial charge in [0.25, 0.3) is 0 Å². The first-order chi connectivity index (χ1) is 16.9. The molecule has 0 fully saturated rings. The molecule has 11 heteroatoms. The Morgan fingerprint density at radius 3 is 2.19 bits per heavy atom. The molecule has 0 radical (unpaired) electrons. The lowest BCUT2D eigenvalue weighted by Crippen LogP contribution is -2.34. The zero-order chi connectivity index (χ0) is 26.3. The molecule has 194 valence electrons. The topological polar surface area (TPSA) is 83.8 Å². The molecule has 2 aromatic carbocycles. The molecule has 0 aliphatic rings. The summed E-state index contributed by atoms with van der Waals surface area (Å²) < 4.78 is 60.3. The van der Waals surface area contributed by atoms with Gasteiger partial charge in [0.05, 0.1) is 25.0 Å². The maximum Gasteiger partial charge on any atom is 0.422 e. The second-order valence-electron chi connectivity index (χ2n) is 8.68. The van der Waals surface area contributed by atoms with Gasteiger partial charge in [0.2, 0.25) is 5.88 Å². The van der Waals surface area contributed by atoms with Crippen LogP contribution in [-0.4, -0.2) is 54.5 Å². The van der Waals surface area contributed by atoms with E-state index in [1.165, 1.54) is 17.9 Å². The lowest BCUT2D eigenvalue weighted by molar-refractivity contribution is -0.154. The van der Waals surface area contributed by atoms with Gasteiger partial charge in [-0.05, 0) is 69.3 Å². The molecule has 0 aliphatic heterocycles. The number of nitrogens with one attached hydrogen (secondary N) is 1. The Hall–Kier alpha value is -3.89. The number of amides is 1. The fourth-order valence-electron chi connectivity index (χ4n) is 3.07. The summed E-state index contributed by atoms with van der Waals surface area (Å²) in [4.78, 5) is 11.7. The van der Waals surface area contributed by atoms with Gasteiger partial charge in [-0.2, -0.15) is 13.2 Å². The number of alkyl carbamates (subject to hydrolysis) is 1. The summed E-state index contributed by atoms with van der Waals surface area (Å²) >= 11 is 0. The molecule has 0 atom stereocenters. The highest BCUT2D eigenvalue weighted by molar-refractivity contribution is 5.67. The van der Waals surface area contributed by atoms with Crippen molar-refractivity contribution in [3.05, 3.63) is 54.6 Å². The third-order valence-electron chi connectivity index (χ3n) is 4.58. The standard InChI is InChI=1S/C25H28F3N3O5/c1-24(2,3)36-23(32)29-13-14-34-20-9-5-17(6-10-20)21-15-22(35-16-25(26,27)28)30-31(21)18-7-11-19(33-4)12-8-18/h5-12,15H,13-14,16H2,1-4H3,(H,29,32). The first kappa shape index (κ1) is 26.7. The number of methoxy groups -OCH3 is 1. The number of alkyl halides is 3. The predicted molar refractivity (Wildman–Crippen MR) is 127 cm³/mol. The van der Waals surface area contributed by atoms with Gasteiger partial charge in [-0.1, -0.05) is 0 Å². The number of benzene rings is 2. The lowest BCUT2D eigenvalue weighted by atomic mass is 10.1. The molecule has 1 heterocycles. The Morgan fingerprint density at radius 2 is 1.61 bits per heavy atom. The van der Waals surface area contributed by atoms with Crippen LogP contribution in [0.1, 0.15) is 20.8 Å². The van der Waals surface area contributed by atoms with E-state index >= 15 is 0 Å². The molecule has 8 nitrogen and oxygen atoms in total. The minimum Gasteiger partial charge on any atom is -0.497 e. The van der Waals surface area contributed by atoms with Crippen LogP contribution in [0, 0.1) is 0 Å². The minimum absolute atomic E-state index is 0.160. The van der Waals surface area contributed by atoms with Gasteiger partial charge in [0.15, 0.2) is 6.61 Å². The van der Waals surface area contributed by atoms with Crippen LogP contribution in [0.4, 0.5) is 18.0 Å². The van der Waals surface area contributed by atoms with E-state index in [4.69, 9.17) is 18.9 Å². The van der Waals surface area contributed by atoms with Crippen molar-refractivity contribution in [1.29, 1.82) is 0 Å². The molecule has 0 unspecified atom stereocenters. The van der Waals surface area contributed by atoms with Crippen LogP contribution in [0.3, 0.4) is 0 Å². The fourth-order valence-corrected chi connectivity index (χ4v) is 3.07. The summed E-state index contributed by atoms with van der Waals surface area (Å²) in [6.45, 7) is 4.35. The first-order valence-electron chi connectivity index (χ1n) is 11.1. The van der Waals surface area contributed by atoms with Crippen LogP contribution in [-0.2, 0) is 4.74 Å². The molecule has 3 aromatic rings. The third-order valence-corrected chi connectivity index (χ3v) is 4.58. The van der Waals surface area contributed by atoms with Crippen LogP contribution in [0.25, 0.3) is 16.9 Å². The summed E-state index contributed by atoms with van der Waals surface area (Å²) in [5.74, 6) is 1.02. The molecule has 36 heavy (non-hydrogen) atoms. The Kier molecular flexibility index (Phi) is 8.33. The summed E-state index contributed by atoms with van der Waals surface area (Å²) in [6, 6.07) is 15.3. The lowest BCUT2D eigenvalue weighted by Gasteiger charge is -2.19. The quantitative estimate of drug-likeness (QED) is 0.391. The molecule has 1 aromatic heterocycles.